The highest BCUT2D eigenvalue weighted by Crippen LogP contribution is 2.38. The van der Waals surface area contributed by atoms with Crippen LogP contribution in [0.5, 0.6) is 17.2 Å². The number of ether oxygens (including phenoxy) is 3. The molecule has 21 heavy (non-hydrogen) atoms. The molecule has 1 aromatic heterocycles. The minimum absolute atomic E-state index is 0. The molecule has 0 aliphatic carbocycles. The minimum Gasteiger partial charge on any atom is -1.00 e. The summed E-state index contributed by atoms with van der Waals surface area (Å²) in [7, 11) is 3.72. The lowest BCUT2D eigenvalue weighted by molar-refractivity contribution is -0.643. The first-order valence-corrected chi connectivity index (χ1v) is 6.46. The number of aromatic nitrogens is 1. The van der Waals surface area contributed by atoms with E-state index in [9.17, 15) is 0 Å². The van der Waals surface area contributed by atoms with Crippen molar-refractivity contribution in [3.8, 4) is 17.2 Å². The fraction of sp³-hybridized carbons (Fsp3) is 0.188. The maximum atomic E-state index is 5.48. The summed E-state index contributed by atoms with van der Waals surface area (Å²) < 4.78 is 18.4. The molecular weight excluding hydrogens is 290 g/mol. The van der Waals surface area contributed by atoms with Crippen LogP contribution in [-0.2, 0) is 7.05 Å². The molecule has 0 N–H and O–H groups in total. The standard InChI is InChI=1S/C16H14NO3.ClH/c1-17-8-10-5-15-16(20-9-19-15)7-12(10)13-6-11(18-2)3-4-14(13)17;/h3-8H,9H2,1-2H3;1H/q+1;/p-1. The van der Waals surface area contributed by atoms with Crippen molar-refractivity contribution in [3.63, 3.8) is 0 Å². The lowest BCUT2D eigenvalue weighted by atomic mass is 10.1. The lowest BCUT2D eigenvalue weighted by Crippen LogP contribution is -3.00. The third-order valence-electron chi connectivity index (χ3n) is 3.75. The molecule has 108 valence electrons. The molecule has 2 aromatic carbocycles. The van der Waals surface area contributed by atoms with E-state index in [2.05, 4.69) is 22.9 Å². The molecule has 2 heterocycles. The van der Waals surface area contributed by atoms with Crippen LogP contribution < -0.4 is 31.2 Å². The Bertz CT molecular complexity index is 848. The summed E-state index contributed by atoms with van der Waals surface area (Å²) in [6.45, 7) is 0.291. The van der Waals surface area contributed by atoms with Gasteiger partial charge in [0.25, 0.3) is 0 Å². The summed E-state index contributed by atoms with van der Waals surface area (Å²) in [5, 5.41) is 3.40. The highest BCUT2D eigenvalue weighted by molar-refractivity contribution is 6.05. The van der Waals surface area contributed by atoms with Crippen molar-refractivity contribution in [2.45, 2.75) is 0 Å². The number of methoxy groups -OCH3 is 1. The zero-order valence-electron chi connectivity index (χ0n) is 11.7. The molecule has 5 heteroatoms. The summed E-state index contributed by atoms with van der Waals surface area (Å²) in [5.41, 5.74) is 1.15. The van der Waals surface area contributed by atoms with Crippen molar-refractivity contribution in [2.24, 2.45) is 7.05 Å². The first-order chi connectivity index (χ1) is 9.76. The summed E-state index contributed by atoms with van der Waals surface area (Å²) in [6.07, 6.45) is 2.10. The molecule has 4 nitrogen and oxygen atoms in total. The van der Waals surface area contributed by atoms with Gasteiger partial charge in [0.1, 0.15) is 12.8 Å². The highest BCUT2D eigenvalue weighted by atomic mass is 35.5. The van der Waals surface area contributed by atoms with Crippen LogP contribution in [0.25, 0.3) is 21.7 Å². The van der Waals surface area contributed by atoms with E-state index < -0.39 is 0 Å². The monoisotopic (exact) mass is 303 g/mol. The molecule has 0 saturated heterocycles. The Morgan fingerprint density at radius 3 is 2.57 bits per heavy atom. The Hall–Kier alpha value is -2.20. The number of benzene rings is 2. The maximum absolute atomic E-state index is 5.48. The Labute approximate surface area is 128 Å². The van der Waals surface area contributed by atoms with Crippen molar-refractivity contribution in [1.29, 1.82) is 0 Å². The molecule has 0 bridgehead atoms. The summed E-state index contributed by atoms with van der Waals surface area (Å²) in [4.78, 5) is 0. The first-order valence-electron chi connectivity index (χ1n) is 6.46. The van der Waals surface area contributed by atoms with Gasteiger partial charge in [-0.1, -0.05) is 0 Å². The number of fused-ring (bicyclic) bond motifs is 4. The van der Waals surface area contributed by atoms with Crippen molar-refractivity contribution in [2.75, 3.05) is 13.9 Å². The third kappa shape index (κ3) is 2.03. The number of hydrogen-bond acceptors (Lipinski definition) is 3. The van der Waals surface area contributed by atoms with Crippen LogP contribution in [0.2, 0.25) is 0 Å². The average Bonchev–Trinajstić information content (AvgIpc) is 2.92. The normalized spacial score (nSPS) is 12.5. The molecular formula is C16H14ClNO3. The zero-order valence-corrected chi connectivity index (χ0v) is 12.5. The van der Waals surface area contributed by atoms with Gasteiger partial charge in [0.2, 0.25) is 12.3 Å². The quantitative estimate of drug-likeness (QED) is 0.451. The largest absolute Gasteiger partial charge is 1.00 e. The van der Waals surface area contributed by atoms with Gasteiger partial charge in [0.05, 0.1) is 17.9 Å². The van der Waals surface area contributed by atoms with Crippen molar-refractivity contribution < 1.29 is 31.2 Å². The van der Waals surface area contributed by atoms with E-state index in [1.54, 1.807) is 7.11 Å². The van der Waals surface area contributed by atoms with E-state index in [1.807, 2.05) is 25.2 Å². The van der Waals surface area contributed by atoms with Crippen LogP contribution in [0, 0.1) is 0 Å². The number of aryl methyl sites for hydroxylation is 1. The van der Waals surface area contributed by atoms with E-state index in [-0.39, 0.29) is 12.4 Å². The predicted octanol–water partition coefficient (Wildman–Crippen LogP) is -0.441. The van der Waals surface area contributed by atoms with Gasteiger partial charge in [-0.3, -0.25) is 0 Å². The first kappa shape index (κ1) is 13.8. The fourth-order valence-electron chi connectivity index (χ4n) is 2.74. The van der Waals surface area contributed by atoms with Crippen LogP contribution in [0.4, 0.5) is 0 Å². The molecule has 4 rings (SSSR count). The number of nitrogens with zero attached hydrogens (tertiary/aromatic N) is 1. The van der Waals surface area contributed by atoms with Crippen LogP contribution >= 0.6 is 0 Å². The van der Waals surface area contributed by atoms with Gasteiger partial charge in [-0.2, -0.15) is 0 Å². The SMILES string of the molecule is COc1ccc2c(c1)c1cc3c(cc1c[n+]2C)OCO3.[Cl-]. The summed E-state index contributed by atoms with van der Waals surface area (Å²) in [6, 6.07) is 10.2. The number of hydrogen-bond donors (Lipinski definition) is 0. The fourth-order valence-corrected chi connectivity index (χ4v) is 2.74. The van der Waals surface area contributed by atoms with Crippen LogP contribution in [0.1, 0.15) is 0 Å². The Morgan fingerprint density at radius 2 is 1.81 bits per heavy atom. The van der Waals surface area contributed by atoms with Gasteiger partial charge in [-0.05, 0) is 24.3 Å². The Kier molecular flexibility index (Phi) is 3.26. The molecule has 0 spiro atoms. The van der Waals surface area contributed by atoms with E-state index in [4.69, 9.17) is 14.2 Å². The Morgan fingerprint density at radius 1 is 1.05 bits per heavy atom. The predicted molar refractivity (Wildman–Crippen MR) is 75.3 cm³/mol. The second kappa shape index (κ2) is 4.97. The molecule has 0 radical (unpaired) electrons. The van der Waals surface area contributed by atoms with Gasteiger partial charge >= 0.3 is 0 Å². The van der Waals surface area contributed by atoms with Crippen LogP contribution in [0.3, 0.4) is 0 Å². The lowest BCUT2D eigenvalue weighted by Gasteiger charge is -2.06. The molecule has 0 atom stereocenters. The van der Waals surface area contributed by atoms with Gasteiger partial charge in [0, 0.05) is 11.5 Å². The number of halogens is 1. The summed E-state index contributed by atoms with van der Waals surface area (Å²) in [5.74, 6) is 2.46. The zero-order chi connectivity index (χ0) is 13.7. The second-order valence-corrected chi connectivity index (χ2v) is 4.92. The number of rotatable bonds is 1. The van der Waals surface area contributed by atoms with E-state index in [1.165, 1.54) is 0 Å². The third-order valence-corrected chi connectivity index (χ3v) is 3.75. The average molecular weight is 304 g/mol. The maximum Gasteiger partial charge on any atom is 0.231 e. The van der Waals surface area contributed by atoms with E-state index in [0.717, 1.165) is 38.9 Å². The van der Waals surface area contributed by atoms with Gasteiger partial charge in [-0.15, -0.1) is 0 Å². The van der Waals surface area contributed by atoms with Crippen LogP contribution in [-0.4, -0.2) is 13.9 Å². The second-order valence-electron chi connectivity index (χ2n) is 4.92. The Balaban J connectivity index is 0.00000132. The smallest absolute Gasteiger partial charge is 0.231 e. The topological polar surface area (TPSA) is 31.6 Å². The van der Waals surface area contributed by atoms with Crippen LogP contribution in [0.15, 0.2) is 36.5 Å². The summed E-state index contributed by atoms with van der Waals surface area (Å²) >= 11 is 0. The van der Waals surface area contributed by atoms with Gasteiger partial charge in [-0.25, -0.2) is 4.57 Å². The van der Waals surface area contributed by atoms with Crippen molar-refractivity contribution >= 4 is 21.7 Å². The molecule has 3 aromatic rings. The molecule has 0 fully saturated rings. The molecule has 0 saturated carbocycles. The highest BCUT2D eigenvalue weighted by Gasteiger charge is 2.18. The van der Waals surface area contributed by atoms with E-state index in [0.29, 0.717) is 6.79 Å². The molecule has 1 aliphatic rings. The molecule has 0 amide bonds. The molecule has 0 unspecified atom stereocenters. The molecule has 1 aliphatic heterocycles. The number of pyridine rings is 1. The van der Waals surface area contributed by atoms with Gasteiger partial charge < -0.3 is 26.6 Å². The van der Waals surface area contributed by atoms with Crippen molar-refractivity contribution in [3.05, 3.63) is 36.5 Å². The minimum atomic E-state index is 0. The van der Waals surface area contributed by atoms with E-state index >= 15 is 0 Å². The van der Waals surface area contributed by atoms with Gasteiger partial charge in [0.15, 0.2) is 17.7 Å². The van der Waals surface area contributed by atoms with Crippen molar-refractivity contribution in [1.82, 2.24) is 0 Å².